The number of hydrazine groups is 1. The van der Waals surface area contributed by atoms with Gasteiger partial charge in [0.25, 0.3) is 5.91 Å². The monoisotopic (exact) mass is 274 g/mol. The molecular weight excluding hydrogens is 256 g/mol. The Morgan fingerprint density at radius 1 is 1.45 bits per heavy atom. The fourth-order valence-corrected chi connectivity index (χ4v) is 1.86. The number of carbonyl (C=O) groups excluding carboxylic acids is 1. The topological polar surface area (TPSA) is 97.9 Å². The highest BCUT2D eigenvalue weighted by atomic mass is 16.1. The van der Waals surface area contributed by atoms with E-state index in [4.69, 9.17) is 5.84 Å². The van der Waals surface area contributed by atoms with Crippen molar-refractivity contribution in [1.82, 2.24) is 20.3 Å². The predicted octanol–water partition coefficient (Wildman–Crippen LogP) is 0.692. The Balaban J connectivity index is 1.81. The molecule has 7 nitrogen and oxygen atoms in total. The molecule has 0 spiro atoms. The fourth-order valence-electron chi connectivity index (χ4n) is 1.86. The number of nitrogens with one attached hydrogen (secondary N) is 2. The maximum atomic E-state index is 12.0. The molecule has 0 aliphatic rings. The summed E-state index contributed by atoms with van der Waals surface area (Å²) in [5, 5.41) is 10.5. The van der Waals surface area contributed by atoms with Crippen LogP contribution in [0.5, 0.6) is 0 Å². The predicted molar refractivity (Wildman–Crippen MR) is 76.0 cm³/mol. The third-order valence-corrected chi connectivity index (χ3v) is 2.97. The van der Waals surface area contributed by atoms with Gasteiger partial charge in [0.15, 0.2) is 0 Å². The third kappa shape index (κ3) is 3.55. The maximum absolute atomic E-state index is 12.0. The lowest BCUT2D eigenvalue weighted by molar-refractivity contribution is 0.0952. The molecule has 0 unspecified atom stereocenters. The van der Waals surface area contributed by atoms with Crippen LogP contribution in [0.25, 0.3) is 0 Å². The second kappa shape index (κ2) is 6.67. The Kier molecular flexibility index (Phi) is 4.67. The summed E-state index contributed by atoms with van der Waals surface area (Å²) in [6, 6.07) is 5.34. The van der Waals surface area contributed by atoms with Crippen molar-refractivity contribution in [3.63, 3.8) is 0 Å². The number of hydrogen-bond acceptors (Lipinski definition) is 5. The van der Waals surface area contributed by atoms with Gasteiger partial charge >= 0.3 is 0 Å². The van der Waals surface area contributed by atoms with Gasteiger partial charge in [-0.05, 0) is 37.1 Å². The van der Waals surface area contributed by atoms with Gasteiger partial charge in [-0.1, -0.05) is 5.21 Å². The second-order valence-electron chi connectivity index (χ2n) is 4.45. The summed E-state index contributed by atoms with van der Waals surface area (Å²) in [6.45, 7) is 3.22. The molecule has 0 bridgehead atoms. The van der Waals surface area contributed by atoms with Crippen molar-refractivity contribution < 1.29 is 4.79 Å². The minimum Gasteiger partial charge on any atom is -0.352 e. The molecule has 0 atom stereocenters. The molecule has 0 aliphatic carbocycles. The van der Waals surface area contributed by atoms with Crippen LogP contribution in [0.2, 0.25) is 0 Å². The Morgan fingerprint density at radius 2 is 2.30 bits per heavy atom. The van der Waals surface area contributed by atoms with Gasteiger partial charge in [0, 0.05) is 24.8 Å². The van der Waals surface area contributed by atoms with Crippen molar-refractivity contribution in [3.05, 3.63) is 41.7 Å². The number of nitrogens with two attached hydrogens (primary N) is 1. The summed E-state index contributed by atoms with van der Waals surface area (Å²) in [4.78, 5) is 12.0. The van der Waals surface area contributed by atoms with Crippen LogP contribution >= 0.6 is 0 Å². The van der Waals surface area contributed by atoms with Crippen LogP contribution < -0.4 is 16.6 Å². The van der Waals surface area contributed by atoms with Crippen LogP contribution in [0.1, 0.15) is 22.3 Å². The van der Waals surface area contributed by atoms with Gasteiger partial charge in [0.1, 0.15) is 0 Å². The normalized spacial score (nSPS) is 10.3. The molecule has 20 heavy (non-hydrogen) atoms. The Hall–Kier alpha value is -2.41. The van der Waals surface area contributed by atoms with E-state index in [-0.39, 0.29) is 5.91 Å². The molecule has 1 aromatic heterocycles. The van der Waals surface area contributed by atoms with Gasteiger partial charge in [-0.2, -0.15) is 0 Å². The number of nitrogen functional groups attached to an aromatic ring is 1. The zero-order valence-corrected chi connectivity index (χ0v) is 11.3. The highest BCUT2D eigenvalue weighted by molar-refractivity contribution is 5.94. The number of benzene rings is 1. The van der Waals surface area contributed by atoms with Crippen molar-refractivity contribution >= 4 is 11.6 Å². The Bertz CT molecular complexity index is 566. The van der Waals surface area contributed by atoms with E-state index in [1.165, 1.54) is 0 Å². The highest BCUT2D eigenvalue weighted by Crippen LogP contribution is 2.14. The molecular formula is C13H18N6O. The number of aromatic nitrogens is 3. The molecule has 7 heteroatoms. The lowest BCUT2D eigenvalue weighted by Crippen LogP contribution is -2.25. The molecule has 2 rings (SSSR count). The summed E-state index contributed by atoms with van der Waals surface area (Å²) in [5.41, 5.74) is 4.95. The average molecular weight is 274 g/mol. The number of anilines is 1. The zero-order chi connectivity index (χ0) is 14.4. The number of carbonyl (C=O) groups is 1. The van der Waals surface area contributed by atoms with E-state index < -0.39 is 0 Å². The molecule has 0 radical (unpaired) electrons. The molecule has 0 aliphatic heterocycles. The van der Waals surface area contributed by atoms with Gasteiger partial charge in [0.05, 0.1) is 11.9 Å². The fraction of sp³-hybridized carbons (Fsp3) is 0.308. The number of amides is 1. The molecule has 1 aromatic carbocycles. The zero-order valence-electron chi connectivity index (χ0n) is 11.3. The van der Waals surface area contributed by atoms with E-state index in [0.717, 1.165) is 24.2 Å². The summed E-state index contributed by atoms with van der Waals surface area (Å²) >= 11 is 0. The maximum Gasteiger partial charge on any atom is 0.251 e. The molecule has 0 saturated heterocycles. The molecule has 1 amide bonds. The smallest absolute Gasteiger partial charge is 0.251 e. The van der Waals surface area contributed by atoms with Crippen molar-refractivity contribution in [2.75, 3.05) is 12.0 Å². The molecule has 0 fully saturated rings. The molecule has 1 heterocycles. The summed E-state index contributed by atoms with van der Waals surface area (Å²) in [5.74, 6) is 5.27. The van der Waals surface area contributed by atoms with Crippen LogP contribution in [-0.2, 0) is 6.54 Å². The van der Waals surface area contributed by atoms with E-state index in [2.05, 4.69) is 21.1 Å². The summed E-state index contributed by atoms with van der Waals surface area (Å²) in [6.07, 6.45) is 4.23. The molecule has 106 valence electrons. The van der Waals surface area contributed by atoms with E-state index >= 15 is 0 Å². The SMILES string of the molecule is Cc1cc(C(=O)NCCCn2ccnn2)ccc1NN. The standard InChI is InChI=1S/C13H18N6O/c1-10-9-11(3-4-12(10)17-14)13(20)15-5-2-7-19-8-6-16-18-19/h3-4,6,8-9,17H,2,5,7,14H2,1H3,(H,15,20). The van der Waals surface area contributed by atoms with Gasteiger partial charge in [0.2, 0.25) is 0 Å². The molecule has 4 N–H and O–H groups in total. The largest absolute Gasteiger partial charge is 0.352 e. The van der Waals surface area contributed by atoms with Crippen LogP contribution in [0.3, 0.4) is 0 Å². The first-order valence-electron chi connectivity index (χ1n) is 6.40. The highest BCUT2D eigenvalue weighted by Gasteiger charge is 2.06. The van der Waals surface area contributed by atoms with Gasteiger partial charge in [-0.3, -0.25) is 15.3 Å². The van der Waals surface area contributed by atoms with Crippen molar-refractivity contribution in [3.8, 4) is 0 Å². The van der Waals surface area contributed by atoms with Gasteiger partial charge in [-0.15, -0.1) is 5.10 Å². The van der Waals surface area contributed by atoms with Crippen LogP contribution in [-0.4, -0.2) is 27.4 Å². The Labute approximate surface area is 117 Å². The lowest BCUT2D eigenvalue weighted by Gasteiger charge is -2.08. The average Bonchev–Trinajstić information content (AvgIpc) is 2.96. The summed E-state index contributed by atoms with van der Waals surface area (Å²) in [7, 11) is 0. The van der Waals surface area contributed by atoms with E-state index in [0.29, 0.717) is 12.1 Å². The van der Waals surface area contributed by atoms with Crippen LogP contribution in [0.4, 0.5) is 5.69 Å². The van der Waals surface area contributed by atoms with Crippen molar-refractivity contribution in [1.29, 1.82) is 0 Å². The lowest BCUT2D eigenvalue weighted by atomic mass is 10.1. The first-order chi connectivity index (χ1) is 9.70. The minimum absolute atomic E-state index is 0.0877. The molecule has 0 saturated carbocycles. The second-order valence-corrected chi connectivity index (χ2v) is 4.45. The van der Waals surface area contributed by atoms with Gasteiger partial charge < -0.3 is 10.7 Å². The number of hydrogen-bond donors (Lipinski definition) is 3. The number of rotatable bonds is 6. The van der Waals surface area contributed by atoms with Crippen molar-refractivity contribution in [2.24, 2.45) is 5.84 Å². The van der Waals surface area contributed by atoms with E-state index in [1.54, 1.807) is 29.2 Å². The first-order valence-corrected chi connectivity index (χ1v) is 6.40. The van der Waals surface area contributed by atoms with Gasteiger partial charge in [-0.25, -0.2) is 0 Å². The quantitative estimate of drug-likeness (QED) is 0.409. The number of aryl methyl sites for hydroxylation is 2. The van der Waals surface area contributed by atoms with Crippen molar-refractivity contribution in [2.45, 2.75) is 19.9 Å². The summed E-state index contributed by atoms with van der Waals surface area (Å²) < 4.78 is 1.73. The number of nitrogens with zero attached hydrogens (tertiary/aromatic N) is 3. The third-order valence-electron chi connectivity index (χ3n) is 2.97. The van der Waals surface area contributed by atoms with E-state index in [1.807, 2.05) is 13.0 Å². The Morgan fingerprint density at radius 3 is 2.95 bits per heavy atom. The minimum atomic E-state index is -0.0877. The van der Waals surface area contributed by atoms with Crippen LogP contribution in [0, 0.1) is 6.92 Å². The first kappa shape index (κ1) is 14.0. The van der Waals surface area contributed by atoms with Crippen LogP contribution in [0.15, 0.2) is 30.6 Å². The van der Waals surface area contributed by atoms with E-state index in [9.17, 15) is 4.79 Å². The molecule has 2 aromatic rings.